The number of nitrogens with zero attached hydrogens (tertiary/aromatic N) is 2. The fourth-order valence-electron chi connectivity index (χ4n) is 3.38. The van der Waals surface area contributed by atoms with Gasteiger partial charge in [0, 0.05) is 33.1 Å². The molecule has 3 N–H and O–H groups in total. The maximum absolute atomic E-state index is 11.2. The van der Waals surface area contributed by atoms with E-state index < -0.39 is 0 Å². The molecule has 1 saturated heterocycles. The number of amides is 1. The second kappa shape index (κ2) is 12.7. The third-order valence-electron chi connectivity index (χ3n) is 4.66. The van der Waals surface area contributed by atoms with E-state index in [2.05, 4.69) is 22.1 Å². The highest BCUT2D eigenvalue weighted by molar-refractivity contribution is 14.0. The number of hydrogen-bond donors (Lipinski definition) is 2. The Labute approximate surface area is 185 Å². The van der Waals surface area contributed by atoms with Gasteiger partial charge < -0.3 is 25.4 Å². The van der Waals surface area contributed by atoms with E-state index in [9.17, 15) is 4.79 Å². The number of primary amides is 1. The Bertz CT molecular complexity index is 654. The van der Waals surface area contributed by atoms with Gasteiger partial charge in [-0.1, -0.05) is 13.0 Å². The van der Waals surface area contributed by atoms with Crippen molar-refractivity contribution in [1.82, 2.24) is 10.2 Å². The van der Waals surface area contributed by atoms with Crippen LogP contribution < -0.4 is 20.5 Å². The number of halogens is 1. The Hall–Kier alpha value is -1.71. The summed E-state index contributed by atoms with van der Waals surface area (Å²) in [5, 5.41) is 3.41. The number of ether oxygens (including phenoxy) is 2. The van der Waals surface area contributed by atoms with Crippen LogP contribution in [0.5, 0.6) is 11.5 Å². The lowest BCUT2D eigenvalue weighted by atomic mass is 9.95. The minimum atomic E-state index is -0.234. The monoisotopic (exact) mass is 504 g/mol. The second-order valence-electron chi connectivity index (χ2n) is 6.86. The smallest absolute Gasteiger partial charge is 0.217 e. The molecule has 1 amide bonds. The molecule has 8 heteroatoms. The molecule has 158 valence electrons. The number of nitrogens with one attached hydrogen (secondary N) is 1. The number of benzene rings is 1. The standard InChI is InChI=1S/C20H32N4O3.HI/c1-4-10-27-17-8-7-15(11-18(17)26-3)13-23-20(22-2)24-9-5-6-16(14-24)12-19(21)25;/h7-8,11,16H,4-6,9-10,12-14H2,1-3H3,(H2,21,25)(H,22,23);1H. The summed E-state index contributed by atoms with van der Waals surface area (Å²) in [6.45, 7) is 5.11. The van der Waals surface area contributed by atoms with Gasteiger partial charge >= 0.3 is 0 Å². The molecule has 0 aliphatic carbocycles. The zero-order valence-corrected chi connectivity index (χ0v) is 19.4. The SMILES string of the molecule is CCCOc1ccc(CNC(=NC)N2CCCC(CC(N)=O)C2)cc1OC.I. The number of carbonyl (C=O) groups is 1. The maximum Gasteiger partial charge on any atom is 0.217 e. The molecule has 0 spiro atoms. The summed E-state index contributed by atoms with van der Waals surface area (Å²) in [6.07, 6.45) is 3.46. The number of carbonyl (C=O) groups excluding carboxylic acids is 1. The molecule has 0 aromatic heterocycles. The highest BCUT2D eigenvalue weighted by Gasteiger charge is 2.23. The first kappa shape index (κ1) is 24.3. The number of guanidine groups is 1. The van der Waals surface area contributed by atoms with Crippen molar-refractivity contribution in [3.8, 4) is 11.5 Å². The van der Waals surface area contributed by atoms with Gasteiger partial charge in [0.2, 0.25) is 5.91 Å². The lowest BCUT2D eigenvalue weighted by Crippen LogP contribution is -2.46. The molecule has 28 heavy (non-hydrogen) atoms. The van der Waals surface area contributed by atoms with Crippen molar-refractivity contribution in [3.63, 3.8) is 0 Å². The van der Waals surface area contributed by atoms with Crippen LogP contribution in [0.2, 0.25) is 0 Å². The fraction of sp³-hybridized carbons (Fsp3) is 0.600. The number of piperidine rings is 1. The van der Waals surface area contributed by atoms with Crippen molar-refractivity contribution in [2.75, 3.05) is 33.9 Å². The van der Waals surface area contributed by atoms with E-state index in [0.29, 0.717) is 25.5 Å². The maximum atomic E-state index is 11.2. The van der Waals surface area contributed by atoms with Gasteiger partial charge in [-0.25, -0.2) is 0 Å². The average Bonchev–Trinajstić information content (AvgIpc) is 2.67. The summed E-state index contributed by atoms with van der Waals surface area (Å²) < 4.78 is 11.1. The molecular weight excluding hydrogens is 471 g/mol. The number of aliphatic imine (C=N–C) groups is 1. The zero-order chi connectivity index (χ0) is 19.6. The Balaban J connectivity index is 0.00000392. The van der Waals surface area contributed by atoms with Gasteiger partial charge in [0.25, 0.3) is 0 Å². The van der Waals surface area contributed by atoms with Crippen molar-refractivity contribution < 1.29 is 14.3 Å². The molecule has 0 bridgehead atoms. The minimum Gasteiger partial charge on any atom is -0.493 e. The molecule has 0 radical (unpaired) electrons. The van der Waals surface area contributed by atoms with Crippen molar-refractivity contribution in [2.24, 2.45) is 16.6 Å². The lowest BCUT2D eigenvalue weighted by molar-refractivity contribution is -0.119. The first-order valence-corrected chi connectivity index (χ1v) is 9.61. The van der Waals surface area contributed by atoms with E-state index in [1.165, 1.54) is 0 Å². The minimum absolute atomic E-state index is 0. The van der Waals surface area contributed by atoms with Crippen LogP contribution in [0.1, 0.15) is 38.2 Å². The van der Waals surface area contributed by atoms with Gasteiger partial charge in [-0.05, 0) is 42.9 Å². The van der Waals surface area contributed by atoms with Crippen LogP contribution in [0.3, 0.4) is 0 Å². The summed E-state index contributed by atoms with van der Waals surface area (Å²) >= 11 is 0. The number of rotatable bonds is 8. The molecule has 1 aliphatic rings. The van der Waals surface area contributed by atoms with Crippen LogP contribution in [0, 0.1) is 5.92 Å². The van der Waals surface area contributed by atoms with E-state index >= 15 is 0 Å². The predicted octanol–water partition coefficient (Wildman–Crippen LogP) is 2.76. The molecule has 1 atom stereocenters. The molecular formula is C20H33IN4O3. The van der Waals surface area contributed by atoms with Crippen LogP contribution in [0.25, 0.3) is 0 Å². The van der Waals surface area contributed by atoms with Crippen molar-refractivity contribution in [1.29, 1.82) is 0 Å². The first-order chi connectivity index (χ1) is 13.1. The van der Waals surface area contributed by atoms with Gasteiger partial charge in [0.15, 0.2) is 17.5 Å². The molecule has 1 fully saturated rings. The van der Waals surface area contributed by atoms with Gasteiger partial charge in [0.05, 0.1) is 13.7 Å². The highest BCUT2D eigenvalue weighted by atomic mass is 127. The van der Waals surface area contributed by atoms with E-state index in [0.717, 1.165) is 55.4 Å². The van der Waals surface area contributed by atoms with E-state index in [-0.39, 0.29) is 29.9 Å². The molecule has 7 nitrogen and oxygen atoms in total. The number of likely N-dealkylation sites (tertiary alicyclic amines) is 1. The van der Waals surface area contributed by atoms with E-state index in [4.69, 9.17) is 15.2 Å². The molecule has 1 aromatic carbocycles. The van der Waals surface area contributed by atoms with E-state index in [1.54, 1.807) is 14.2 Å². The van der Waals surface area contributed by atoms with Gasteiger partial charge in [-0.15, -0.1) is 24.0 Å². The van der Waals surface area contributed by atoms with Crippen LogP contribution in [-0.4, -0.2) is 50.6 Å². The number of nitrogens with two attached hydrogens (primary N) is 1. The topological polar surface area (TPSA) is 89.2 Å². The summed E-state index contributed by atoms with van der Waals surface area (Å²) in [5.41, 5.74) is 6.44. The van der Waals surface area contributed by atoms with Crippen molar-refractivity contribution in [2.45, 2.75) is 39.2 Å². The van der Waals surface area contributed by atoms with Crippen LogP contribution in [0.15, 0.2) is 23.2 Å². The average molecular weight is 504 g/mol. The van der Waals surface area contributed by atoms with Gasteiger partial charge in [-0.2, -0.15) is 0 Å². The predicted molar refractivity (Wildman–Crippen MR) is 123 cm³/mol. The number of methoxy groups -OCH3 is 1. The van der Waals surface area contributed by atoms with Crippen molar-refractivity contribution >= 4 is 35.8 Å². The van der Waals surface area contributed by atoms with Crippen LogP contribution in [0.4, 0.5) is 0 Å². The van der Waals surface area contributed by atoms with E-state index in [1.807, 2.05) is 18.2 Å². The summed E-state index contributed by atoms with van der Waals surface area (Å²) in [5.74, 6) is 2.40. The van der Waals surface area contributed by atoms with Crippen LogP contribution >= 0.6 is 24.0 Å². The normalized spacial score (nSPS) is 16.9. The Morgan fingerprint density at radius 3 is 2.82 bits per heavy atom. The zero-order valence-electron chi connectivity index (χ0n) is 17.1. The quantitative estimate of drug-likeness (QED) is 0.323. The summed E-state index contributed by atoms with van der Waals surface area (Å²) in [6, 6.07) is 5.95. The Kier molecular flexibility index (Phi) is 11.0. The fourth-order valence-corrected chi connectivity index (χ4v) is 3.38. The molecule has 1 unspecified atom stereocenters. The van der Waals surface area contributed by atoms with Gasteiger partial charge in [0.1, 0.15) is 0 Å². The summed E-state index contributed by atoms with van der Waals surface area (Å²) in [4.78, 5) is 17.8. The number of hydrogen-bond acceptors (Lipinski definition) is 4. The van der Waals surface area contributed by atoms with Gasteiger partial charge in [-0.3, -0.25) is 9.79 Å². The lowest BCUT2D eigenvalue weighted by Gasteiger charge is -2.34. The molecule has 1 aromatic rings. The molecule has 0 saturated carbocycles. The molecule has 1 aliphatic heterocycles. The summed E-state index contributed by atoms with van der Waals surface area (Å²) in [7, 11) is 3.43. The van der Waals surface area contributed by atoms with Crippen molar-refractivity contribution in [3.05, 3.63) is 23.8 Å². The third kappa shape index (κ3) is 7.37. The van der Waals surface area contributed by atoms with Crippen LogP contribution in [-0.2, 0) is 11.3 Å². The Morgan fingerprint density at radius 1 is 1.39 bits per heavy atom. The molecule has 2 rings (SSSR count). The Morgan fingerprint density at radius 2 is 2.18 bits per heavy atom. The first-order valence-electron chi connectivity index (χ1n) is 9.61. The molecule has 1 heterocycles. The largest absolute Gasteiger partial charge is 0.493 e. The third-order valence-corrected chi connectivity index (χ3v) is 4.66. The second-order valence-corrected chi connectivity index (χ2v) is 6.86. The highest BCUT2D eigenvalue weighted by Crippen LogP contribution is 2.28.